The first-order valence-electron chi connectivity index (χ1n) is 18.6. The summed E-state index contributed by atoms with van der Waals surface area (Å²) >= 11 is 0. The number of hydrogen-bond donors (Lipinski definition) is 0. The van der Waals surface area contributed by atoms with Crippen LogP contribution in [0.4, 0.5) is 0 Å². The van der Waals surface area contributed by atoms with Gasteiger partial charge in [0.2, 0.25) is 0 Å². The Balaban J connectivity index is 1.11. The minimum Gasteiger partial charge on any atom is -0.481 e. The maximum atomic E-state index is 7.20. The third-order valence-electron chi connectivity index (χ3n) is 12.0. The summed E-state index contributed by atoms with van der Waals surface area (Å²) in [5.41, 5.74) is 13.6. The molecular formula is C52H34O2. The van der Waals surface area contributed by atoms with Gasteiger partial charge in [-0.15, -0.1) is 6.42 Å². The first kappa shape index (κ1) is 30.8. The molecule has 1 heterocycles. The van der Waals surface area contributed by atoms with Gasteiger partial charge in [0.25, 0.3) is 0 Å². The number of benzene rings is 8. The number of allylic oxidation sites excluding steroid dienone is 1. The summed E-state index contributed by atoms with van der Waals surface area (Å²) in [6.07, 6.45) is 7.82. The van der Waals surface area contributed by atoms with Crippen molar-refractivity contribution in [1.82, 2.24) is 0 Å². The molecular weight excluding hydrogens is 657 g/mol. The van der Waals surface area contributed by atoms with Crippen LogP contribution in [0.25, 0.3) is 49.4 Å². The van der Waals surface area contributed by atoms with Crippen molar-refractivity contribution in [3.05, 3.63) is 209 Å². The third-order valence-corrected chi connectivity index (χ3v) is 12.0. The summed E-state index contributed by atoms with van der Waals surface area (Å²) in [6, 6.07) is 59.7. The number of terminal acetylenes is 1. The highest BCUT2D eigenvalue weighted by Gasteiger charge is 2.48. The fourth-order valence-corrected chi connectivity index (χ4v) is 9.80. The molecule has 8 aromatic carbocycles. The molecule has 2 heteroatoms. The van der Waals surface area contributed by atoms with E-state index in [-0.39, 0.29) is 6.61 Å². The van der Waals surface area contributed by atoms with Crippen LogP contribution in [-0.4, -0.2) is 6.61 Å². The summed E-state index contributed by atoms with van der Waals surface area (Å²) in [5, 5.41) is 4.63. The van der Waals surface area contributed by atoms with E-state index in [2.05, 4.69) is 177 Å². The van der Waals surface area contributed by atoms with E-state index in [1.807, 2.05) is 6.07 Å². The molecule has 0 unspecified atom stereocenters. The van der Waals surface area contributed by atoms with Crippen LogP contribution in [0.3, 0.4) is 0 Å². The molecule has 0 atom stereocenters. The molecule has 0 radical (unpaired) electrons. The van der Waals surface area contributed by atoms with Gasteiger partial charge in [0.15, 0.2) is 5.60 Å². The third kappa shape index (κ3) is 4.07. The number of fused-ring (bicyclic) bond motifs is 12. The van der Waals surface area contributed by atoms with Crippen LogP contribution in [-0.2, 0) is 11.0 Å². The fourth-order valence-electron chi connectivity index (χ4n) is 9.80. The molecule has 54 heavy (non-hydrogen) atoms. The molecule has 3 aliphatic rings. The molecule has 0 saturated carbocycles. The first-order chi connectivity index (χ1) is 26.6. The molecule has 0 N–H and O–H groups in total. The fraction of sp³-hybridized carbons (Fsp3) is 0.0769. The highest BCUT2D eigenvalue weighted by atomic mass is 16.5. The van der Waals surface area contributed by atoms with Crippen LogP contribution in [0.5, 0.6) is 11.5 Å². The van der Waals surface area contributed by atoms with Crippen molar-refractivity contribution in [2.45, 2.75) is 17.9 Å². The van der Waals surface area contributed by atoms with Crippen molar-refractivity contribution in [1.29, 1.82) is 0 Å². The SMILES string of the molecule is C#CCOc1ccc2cc(C3(c4ccc5c6c(ccc5c4)OC4(C=C6C)c5ccccc5-c5ccccc54)c4ccccc4-c4ccccc43)ccc2c1. The van der Waals surface area contributed by atoms with Crippen LogP contribution in [0.1, 0.15) is 45.9 Å². The van der Waals surface area contributed by atoms with Gasteiger partial charge in [-0.3, -0.25) is 0 Å². The number of ether oxygens (including phenoxy) is 2. The Morgan fingerprint density at radius 1 is 0.556 bits per heavy atom. The Kier molecular flexibility index (Phi) is 6.46. The zero-order chi connectivity index (χ0) is 36.0. The van der Waals surface area contributed by atoms with Gasteiger partial charge < -0.3 is 9.47 Å². The average Bonchev–Trinajstić information content (AvgIpc) is 3.67. The average molecular weight is 691 g/mol. The van der Waals surface area contributed by atoms with Crippen molar-refractivity contribution >= 4 is 27.1 Å². The summed E-state index contributed by atoms with van der Waals surface area (Å²) in [7, 11) is 0. The molecule has 2 aliphatic carbocycles. The molecule has 8 aromatic rings. The Hall–Kier alpha value is -6.82. The number of hydrogen-bond acceptors (Lipinski definition) is 2. The van der Waals surface area contributed by atoms with Crippen LogP contribution in [0, 0.1) is 12.3 Å². The van der Waals surface area contributed by atoms with Crippen molar-refractivity contribution in [2.75, 3.05) is 6.61 Å². The highest BCUT2D eigenvalue weighted by Crippen LogP contribution is 2.58. The Morgan fingerprint density at radius 2 is 1.07 bits per heavy atom. The van der Waals surface area contributed by atoms with Crippen molar-refractivity contribution < 1.29 is 9.47 Å². The number of rotatable bonds is 4. The smallest absolute Gasteiger partial charge is 0.179 e. The molecule has 1 aliphatic heterocycles. The first-order valence-corrected chi connectivity index (χ1v) is 18.6. The molecule has 254 valence electrons. The van der Waals surface area contributed by atoms with E-state index >= 15 is 0 Å². The summed E-state index contributed by atoms with van der Waals surface area (Å²) < 4.78 is 13.0. The standard InChI is InChI=1S/C52H34O2/c1-3-28-53-39-25-21-34-29-37(23-20-35(34)31-39)52(47-18-10-6-14-43(47)44-15-7-11-19-48(44)52)38-24-26-40-36(30-38)22-27-49-50(40)33(2)32-51(54-49)45-16-8-4-12-41(45)42-13-5-9-17-46(42)51/h1,4-27,29-32H,28H2,2H3. The molecule has 0 aromatic heterocycles. The molecule has 0 fully saturated rings. The largest absolute Gasteiger partial charge is 0.481 e. The van der Waals surface area contributed by atoms with Crippen molar-refractivity contribution in [3.63, 3.8) is 0 Å². The van der Waals surface area contributed by atoms with E-state index in [9.17, 15) is 0 Å². The maximum Gasteiger partial charge on any atom is 0.179 e. The van der Waals surface area contributed by atoms with Gasteiger partial charge in [-0.05, 0) is 115 Å². The second-order valence-electron chi connectivity index (χ2n) is 14.7. The molecule has 0 amide bonds. The monoisotopic (exact) mass is 690 g/mol. The van der Waals surface area contributed by atoms with Crippen LogP contribution in [0.15, 0.2) is 170 Å². The van der Waals surface area contributed by atoms with E-state index in [1.54, 1.807) is 0 Å². The van der Waals surface area contributed by atoms with Crippen molar-refractivity contribution in [3.8, 4) is 46.1 Å². The van der Waals surface area contributed by atoms with E-state index in [0.717, 1.165) is 27.8 Å². The Bertz CT molecular complexity index is 2870. The van der Waals surface area contributed by atoms with Gasteiger partial charge in [-0.2, -0.15) is 0 Å². The predicted octanol–water partition coefficient (Wildman–Crippen LogP) is 12.1. The summed E-state index contributed by atoms with van der Waals surface area (Å²) in [4.78, 5) is 0. The Labute approximate surface area is 315 Å². The lowest BCUT2D eigenvalue weighted by molar-refractivity contribution is 0.165. The highest BCUT2D eigenvalue weighted by molar-refractivity contribution is 6.00. The van der Waals surface area contributed by atoms with E-state index in [4.69, 9.17) is 15.9 Å². The van der Waals surface area contributed by atoms with Gasteiger partial charge in [0, 0.05) is 16.7 Å². The Morgan fingerprint density at radius 3 is 1.72 bits per heavy atom. The second kappa shape index (κ2) is 11.3. The van der Waals surface area contributed by atoms with Crippen LogP contribution in [0.2, 0.25) is 0 Å². The minimum atomic E-state index is -0.663. The van der Waals surface area contributed by atoms with E-state index in [1.165, 1.54) is 72.0 Å². The van der Waals surface area contributed by atoms with Gasteiger partial charge in [-0.25, -0.2) is 0 Å². The van der Waals surface area contributed by atoms with Crippen LogP contribution >= 0.6 is 0 Å². The molecule has 2 nitrogen and oxygen atoms in total. The lowest BCUT2D eigenvalue weighted by atomic mass is 9.67. The van der Waals surface area contributed by atoms with Crippen molar-refractivity contribution in [2.24, 2.45) is 0 Å². The summed E-state index contributed by atoms with van der Waals surface area (Å²) in [6.45, 7) is 2.48. The second-order valence-corrected chi connectivity index (χ2v) is 14.7. The van der Waals surface area contributed by atoms with Crippen LogP contribution < -0.4 is 9.47 Å². The lowest BCUT2D eigenvalue weighted by Crippen LogP contribution is -2.33. The van der Waals surface area contributed by atoms with Gasteiger partial charge in [0.05, 0.1) is 5.41 Å². The molecule has 0 bridgehead atoms. The zero-order valence-electron chi connectivity index (χ0n) is 29.8. The lowest BCUT2D eigenvalue weighted by Gasteiger charge is -2.36. The van der Waals surface area contributed by atoms with Gasteiger partial charge in [0.1, 0.15) is 18.1 Å². The normalized spacial score (nSPS) is 15.0. The summed E-state index contributed by atoms with van der Waals surface area (Å²) in [5.74, 6) is 4.26. The minimum absolute atomic E-state index is 0.246. The van der Waals surface area contributed by atoms with E-state index < -0.39 is 11.0 Å². The predicted molar refractivity (Wildman–Crippen MR) is 220 cm³/mol. The quantitative estimate of drug-likeness (QED) is 0.171. The van der Waals surface area contributed by atoms with Gasteiger partial charge in [-0.1, -0.05) is 139 Å². The molecule has 1 spiro atoms. The molecule has 11 rings (SSSR count). The van der Waals surface area contributed by atoms with Gasteiger partial charge >= 0.3 is 0 Å². The van der Waals surface area contributed by atoms with E-state index in [0.29, 0.717) is 0 Å². The molecule has 0 saturated heterocycles. The zero-order valence-corrected chi connectivity index (χ0v) is 29.8. The topological polar surface area (TPSA) is 18.5 Å². The maximum absolute atomic E-state index is 7.20.